The highest BCUT2D eigenvalue weighted by molar-refractivity contribution is 5.85. The van der Waals surface area contributed by atoms with Gasteiger partial charge in [-0.3, -0.25) is 4.79 Å². The summed E-state index contributed by atoms with van der Waals surface area (Å²) < 4.78 is 27.1. The van der Waals surface area contributed by atoms with Gasteiger partial charge in [0, 0.05) is 25.0 Å². The highest BCUT2D eigenvalue weighted by Crippen LogP contribution is 2.50. The molecule has 3 nitrogen and oxygen atoms in total. The average molecular weight is 345 g/mol. The van der Waals surface area contributed by atoms with Gasteiger partial charge in [0.2, 0.25) is 5.91 Å². The van der Waals surface area contributed by atoms with Gasteiger partial charge in [0.25, 0.3) is 0 Å². The molecule has 1 saturated carbocycles. The van der Waals surface area contributed by atoms with E-state index in [1.54, 1.807) is 0 Å². The van der Waals surface area contributed by atoms with Crippen LogP contribution >= 0.6 is 12.4 Å². The van der Waals surface area contributed by atoms with E-state index >= 15 is 0 Å². The molecule has 2 N–H and O–H groups in total. The molecule has 4 atom stereocenters. The first-order chi connectivity index (χ1) is 10.5. The van der Waals surface area contributed by atoms with Gasteiger partial charge < -0.3 is 10.6 Å². The minimum absolute atomic E-state index is 0. The number of nitrogens with zero attached hydrogens (tertiary/aromatic N) is 1. The van der Waals surface area contributed by atoms with Crippen molar-refractivity contribution in [3.8, 4) is 0 Å². The van der Waals surface area contributed by atoms with E-state index in [1.165, 1.54) is 6.07 Å². The normalized spacial score (nSPS) is 29.8. The lowest BCUT2D eigenvalue weighted by Crippen LogP contribution is -2.49. The Balaban J connectivity index is 0.00000192. The van der Waals surface area contributed by atoms with Crippen LogP contribution in [0.15, 0.2) is 18.2 Å². The number of amides is 1. The standard InChI is InChI=1S/C17H22F2N2O.ClH/c1-10-4-5-21(12(6-10)9-20)17(22)15-8-13(15)14-7-11(18)2-3-16(14)19;/h2-3,7,10,12-13,15H,4-6,8-9,20H2,1H3;1H. The highest BCUT2D eigenvalue weighted by atomic mass is 35.5. The average Bonchev–Trinajstić information content (AvgIpc) is 3.29. The van der Waals surface area contributed by atoms with Crippen LogP contribution in [-0.2, 0) is 4.79 Å². The van der Waals surface area contributed by atoms with Crippen molar-refractivity contribution in [3.63, 3.8) is 0 Å². The van der Waals surface area contributed by atoms with E-state index in [4.69, 9.17) is 5.73 Å². The van der Waals surface area contributed by atoms with Crippen LogP contribution in [0.5, 0.6) is 0 Å². The van der Waals surface area contributed by atoms with Crippen LogP contribution in [0.3, 0.4) is 0 Å². The van der Waals surface area contributed by atoms with Crippen molar-refractivity contribution in [1.29, 1.82) is 0 Å². The lowest BCUT2D eigenvalue weighted by molar-refractivity contribution is -0.136. The van der Waals surface area contributed by atoms with E-state index in [0.29, 0.717) is 24.4 Å². The molecule has 1 heterocycles. The van der Waals surface area contributed by atoms with E-state index in [2.05, 4.69) is 6.92 Å². The van der Waals surface area contributed by atoms with Crippen molar-refractivity contribution >= 4 is 18.3 Å². The smallest absolute Gasteiger partial charge is 0.226 e. The minimum Gasteiger partial charge on any atom is -0.338 e. The summed E-state index contributed by atoms with van der Waals surface area (Å²) in [6.07, 6.45) is 2.50. The van der Waals surface area contributed by atoms with Crippen LogP contribution in [0.4, 0.5) is 8.78 Å². The van der Waals surface area contributed by atoms with Crippen molar-refractivity contribution < 1.29 is 13.6 Å². The molecule has 1 aliphatic carbocycles. The molecular weight excluding hydrogens is 322 g/mol. The number of halogens is 3. The van der Waals surface area contributed by atoms with Crippen molar-refractivity contribution in [2.24, 2.45) is 17.6 Å². The van der Waals surface area contributed by atoms with Gasteiger partial charge in [0.1, 0.15) is 11.6 Å². The molecular formula is C17H23ClF2N2O. The Hall–Kier alpha value is -1.20. The molecule has 3 rings (SSSR count). The quantitative estimate of drug-likeness (QED) is 0.916. The third-order valence-electron chi connectivity index (χ3n) is 5.00. The maximum atomic E-state index is 13.8. The zero-order chi connectivity index (χ0) is 15.9. The summed E-state index contributed by atoms with van der Waals surface area (Å²) in [5, 5.41) is 0. The Morgan fingerprint density at radius 1 is 1.35 bits per heavy atom. The van der Waals surface area contributed by atoms with Gasteiger partial charge in [0.15, 0.2) is 0 Å². The molecule has 2 aliphatic rings. The Labute approximate surface area is 141 Å². The number of rotatable bonds is 3. The fraction of sp³-hybridized carbons (Fsp3) is 0.588. The zero-order valence-corrected chi connectivity index (χ0v) is 14.0. The molecule has 2 fully saturated rings. The van der Waals surface area contributed by atoms with Crippen molar-refractivity contribution in [2.45, 2.75) is 38.1 Å². The highest BCUT2D eigenvalue weighted by Gasteiger charge is 2.48. The molecule has 0 bridgehead atoms. The summed E-state index contributed by atoms with van der Waals surface area (Å²) in [5.74, 6) is -0.672. The zero-order valence-electron chi connectivity index (χ0n) is 13.2. The molecule has 1 saturated heterocycles. The molecule has 6 heteroatoms. The third kappa shape index (κ3) is 3.66. The summed E-state index contributed by atoms with van der Waals surface area (Å²) in [6.45, 7) is 3.35. The summed E-state index contributed by atoms with van der Waals surface area (Å²) in [6, 6.07) is 3.53. The molecule has 1 aliphatic heterocycles. The largest absolute Gasteiger partial charge is 0.338 e. The van der Waals surface area contributed by atoms with Gasteiger partial charge in [-0.2, -0.15) is 0 Å². The fourth-order valence-corrected chi connectivity index (χ4v) is 3.59. The second-order valence-electron chi connectivity index (χ2n) is 6.67. The van der Waals surface area contributed by atoms with E-state index in [9.17, 15) is 13.6 Å². The predicted octanol–water partition coefficient (Wildman–Crippen LogP) is 3.08. The van der Waals surface area contributed by atoms with Crippen LogP contribution < -0.4 is 5.73 Å². The van der Waals surface area contributed by atoms with E-state index in [1.807, 2.05) is 4.90 Å². The first kappa shape index (κ1) is 18.1. The molecule has 128 valence electrons. The molecule has 4 unspecified atom stereocenters. The Bertz CT molecular complexity index is 584. The predicted molar refractivity (Wildman–Crippen MR) is 87.4 cm³/mol. The van der Waals surface area contributed by atoms with Crippen LogP contribution in [0, 0.1) is 23.5 Å². The Morgan fingerprint density at radius 3 is 2.78 bits per heavy atom. The SMILES string of the molecule is CC1CCN(C(=O)C2CC2c2cc(F)ccc2F)C(CN)C1.Cl. The van der Waals surface area contributed by atoms with Gasteiger partial charge in [-0.1, -0.05) is 6.92 Å². The van der Waals surface area contributed by atoms with Crippen molar-refractivity contribution in [1.82, 2.24) is 4.90 Å². The topological polar surface area (TPSA) is 46.3 Å². The molecule has 0 radical (unpaired) electrons. The number of benzene rings is 1. The lowest BCUT2D eigenvalue weighted by Gasteiger charge is -2.38. The Morgan fingerprint density at radius 2 is 2.09 bits per heavy atom. The van der Waals surface area contributed by atoms with Gasteiger partial charge in [-0.15, -0.1) is 12.4 Å². The van der Waals surface area contributed by atoms with Crippen molar-refractivity contribution in [2.75, 3.05) is 13.1 Å². The number of nitrogens with two attached hydrogens (primary N) is 1. The van der Waals surface area contributed by atoms with Gasteiger partial charge in [-0.05, 0) is 54.9 Å². The van der Waals surface area contributed by atoms with E-state index < -0.39 is 11.6 Å². The lowest BCUT2D eigenvalue weighted by atomic mass is 9.92. The van der Waals surface area contributed by atoms with E-state index in [-0.39, 0.29) is 36.2 Å². The number of likely N-dealkylation sites (tertiary alicyclic amines) is 1. The summed E-state index contributed by atoms with van der Waals surface area (Å²) in [4.78, 5) is 14.5. The molecule has 0 aromatic heterocycles. The van der Waals surface area contributed by atoms with Gasteiger partial charge in [-0.25, -0.2) is 8.78 Å². The number of hydrogen-bond acceptors (Lipinski definition) is 2. The maximum absolute atomic E-state index is 13.8. The summed E-state index contributed by atoms with van der Waals surface area (Å²) in [5.41, 5.74) is 6.13. The van der Waals surface area contributed by atoms with Gasteiger partial charge in [0.05, 0.1) is 0 Å². The number of carbonyl (C=O) groups excluding carboxylic acids is 1. The summed E-state index contributed by atoms with van der Waals surface area (Å²) >= 11 is 0. The van der Waals surface area contributed by atoms with Crippen LogP contribution in [0.25, 0.3) is 0 Å². The van der Waals surface area contributed by atoms with Crippen molar-refractivity contribution in [3.05, 3.63) is 35.4 Å². The number of hydrogen-bond donors (Lipinski definition) is 1. The van der Waals surface area contributed by atoms with Crippen LogP contribution in [0.2, 0.25) is 0 Å². The van der Waals surface area contributed by atoms with Crippen LogP contribution in [-0.4, -0.2) is 29.9 Å². The van der Waals surface area contributed by atoms with E-state index in [0.717, 1.165) is 31.5 Å². The first-order valence-corrected chi connectivity index (χ1v) is 7.96. The first-order valence-electron chi connectivity index (χ1n) is 7.96. The molecule has 1 aromatic rings. The molecule has 23 heavy (non-hydrogen) atoms. The monoisotopic (exact) mass is 344 g/mol. The third-order valence-corrected chi connectivity index (χ3v) is 5.00. The van der Waals surface area contributed by atoms with Gasteiger partial charge >= 0.3 is 0 Å². The maximum Gasteiger partial charge on any atom is 0.226 e. The van der Waals surface area contributed by atoms with Crippen LogP contribution in [0.1, 0.15) is 37.7 Å². The fourth-order valence-electron chi connectivity index (χ4n) is 3.59. The Kier molecular flexibility index (Phi) is 5.63. The molecule has 0 spiro atoms. The minimum atomic E-state index is -0.457. The second kappa shape index (κ2) is 7.14. The molecule has 1 amide bonds. The number of piperidine rings is 1. The number of carbonyl (C=O) groups is 1. The molecule has 1 aromatic carbocycles. The summed E-state index contributed by atoms with van der Waals surface area (Å²) in [7, 11) is 0. The second-order valence-corrected chi connectivity index (χ2v) is 6.67.